The highest BCUT2D eigenvalue weighted by atomic mass is 16.5. The summed E-state index contributed by atoms with van der Waals surface area (Å²) < 4.78 is 5.27. The summed E-state index contributed by atoms with van der Waals surface area (Å²) in [5.41, 5.74) is 7.71. The number of benzene rings is 1. The predicted molar refractivity (Wildman–Crippen MR) is 81.6 cm³/mol. The largest absolute Gasteiger partial charge is 0.370 e. The number of allylic oxidation sites excluding steroid dienone is 1. The van der Waals surface area contributed by atoms with Crippen LogP contribution in [0.3, 0.4) is 0 Å². The van der Waals surface area contributed by atoms with Crippen LogP contribution in [0.2, 0.25) is 0 Å². The number of quaternary nitrogens is 1. The van der Waals surface area contributed by atoms with Gasteiger partial charge in [0.15, 0.2) is 6.54 Å². The second kappa shape index (κ2) is 8.44. The second-order valence-electron chi connectivity index (χ2n) is 5.30. The normalized spacial score (nSPS) is 15.4. The number of hydrogen-bond donors (Lipinski definition) is 3. The van der Waals surface area contributed by atoms with E-state index in [1.54, 1.807) is 0 Å². The van der Waals surface area contributed by atoms with Gasteiger partial charge in [-0.2, -0.15) is 0 Å². The summed E-state index contributed by atoms with van der Waals surface area (Å²) >= 11 is 0. The Morgan fingerprint density at radius 3 is 2.62 bits per heavy atom. The Balaban J connectivity index is 1.60. The zero-order valence-electron chi connectivity index (χ0n) is 12.4. The van der Waals surface area contributed by atoms with E-state index in [9.17, 15) is 4.79 Å². The molecule has 0 atom stereocenters. The predicted octanol–water partition coefficient (Wildman–Crippen LogP) is -0.331. The van der Waals surface area contributed by atoms with E-state index >= 15 is 0 Å². The number of rotatable bonds is 7. The molecular weight excluding hydrogens is 266 g/mol. The Morgan fingerprint density at radius 2 is 1.90 bits per heavy atom. The van der Waals surface area contributed by atoms with E-state index in [1.807, 2.05) is 18.2 Å². The van der Waals surface area contributed by atoms with Crippen molar-refractivity contribution >= 4 is 5.91 Å². The molecule has 1 amide bonds. The van der Waals surface area contributed by atoms with Crippen molar-refractivity contribution in [3.05, 3.63) is 48.2 Å². The van der Waals surface area contributed by atoms with Crippen LogP contribution in [0, 0.1) is 0 Å². The first-order valence-corrected chi connectivity index (χ1v) is 7.42. The van der Waals surface area contributed by atoms with E-state index in [0.717, 1.165) is 44.8 Å². The first-order valence-electron chi connectivity index (χ1n) is 7.42. The monoisotopic (exact) mass is 290 g/mol. The standard InChI is InChI=1S/C16H23N3O2/c1-14(7-8-15-5-3-2-4-6-15)17-18-16(20)13-19-9-11-21-12-10-19/h2-6,17H,1,7-13H2,(H,18,20)/p+1. The van der Waals surface area contributed by atoms with Crippen molar-refractivity contribution in [1.82, 2.24) is 10.9 Å². The number of carbonyl (C=O) groups excluding carboxylic acids is 1. The Bertz CT molecular complexity index is 456. The van der Waals surface area contributed by atoms with Gasteiger partial charge in [0.05, 0.1) is 13.2 Å². The van der Waals surface area contributed by atoms with Gasteiger partial charge in [-0.25, -0.2) is 0 Å². The lowest BCUT2D eigenvalue weighted by atomic mass is 10.1. The van der Waals surface area contributed by atoms with Gasteiger partial charge in [-0.3, -0.25) is 10.2 Å². The van der Waals surface area contributed by atoms with Crippen LogP contribution < -0.4 is 15.8 Å². The number of aryl methyl sites for hydroxylation is 1. The first kappa shape index (κ1) is 15.5. The number of nitrogens with one attached hydrogen (secondary N) is 3. The Kier molecular flexibility index (Phi) is 6.24. The lowest BCUT2D eigenvalue weighted by molar-refractivity contribution is -0.900. The molecule has 0 aliphatic carbocycles. The number of morpholine rings is 1. The minimum Gasteiger partial charge on any atom is -0.370 e. The van der Waals surface area contributed by atoms with Gasteiger partial charge >= 0.3 is 0 Å². The molecule has 1 fully saturated rings. The lowest BCUT2D eigenvalue weighted by Gasteiger charge is -2.23. The Morgan fingerprint density at radius 1 is 1.19 bits per heavy atom. The molecule has 5 heteroatoms. The van der Waals surface area contributed by atoms with Crippen molar-refractivity contribution < 1.29 is 14.4 Å². The van der Waals surface area contributed by atoms with Crippen molar-refractivity contribution in [2.45, 2.75) is 12.8 Å². The van der Waals surface area contributed by atoms with Crippen LogP contribution in [-0.2, 0) is 16.0 Å². The zero-order chi connectivity index (χ0) is 14.9. The highest BCUT2D eigenvalue weighted by Crippen LogP contribution is 2.05. The third-order valence-corrected chi connectivity index (χ3v) is 3.55. The van der Waals surface area contributed by atoms with Gasteiger partial charge < -0.3 is 15.1 Å². The SMILES string of the molecule is C=C(CCc1ccccc1)NNC(=O)C[NH+]1CCOCC1. The van der Waals surface area contributed by atoms with Crippen LogP contribution in [0.25, 0.3) is 0 Å². The number of carbonyl (C=O) groups is 1. The van der Waals surface area contributed by atoms with E-state index in [-0.39, 0.29) is 5.91 Å². The molecule has 1 aromatic rings. The zero-order valence-corrected chi connectivity index (χ0v) is 12.4. The molecule has 0 radical (unpaired) electrons. The molecule has 1 saturated heterocycles. The van der Waals surface area contributed by atoms with Crippen LogP contribution in [0.4, 0.5) is 0 Å². The maximum Gasteiger partial charge on any atom is 0.293 e. The van der Waals surface area contributed by atoms with Gasteiger partial charge in [0.1, 0.15) is 13.1 Å². The summed E-state index contributed by atoms with van der Waals surface area (Å²) in [6, 6.07) is 10.2. The van der Waals surface area contributed by atoms with Gasteiger partial charge in [0.25, 0.3) is 5.91 Å². The van der Waals surface area contributed by atoms with E-state index in [0.29, 0.717) is 6.54 Å². The summed E-state index contributed by atoms with van der Waals surface area (Å²) in [5.74, 6) is -0.00670. The molecule has 0 aromatic heterocycles. The van der Waals surface area contributed by atoms with Gasteiger partial charge in [-0.1, -0.05) is 36.9 Å². The summed E-state index contributed by atoms with van der Waals surface area (Å²) in [6.45, 7) is 7.66. The van der Waals surface area contributed by atoms with Crippen molar-refractivity contribution in [3.8, 4) is 0 Å². The van der Waals surface area contributed by atoms with Crippen molar-refractivity contribution in [3.63, 3.8) is 0 Å². The maximum absolute atomic E-state index is 11.8. The van der Waals surface area contributed by atoms with Crippen LogP contribution in [0.1, 0.15) is 12.0 Å². The van der Waals surface area contributed by atoms with Crippen molar-refractivity contribution in [2.75, 3.05) is 32.8 Å². The third-order valence-electron chi connectivity index (χ3n) is 3.55. The molecule has 2 rings (SSSR count). The highest BCUT2D eigenvalue weighted by molar-refractivity contribution is 5.76. The van der Waals surface area contributed by atoms with Crippen LogP contribution in [-0.4, -0.2) is 38.8 Å². The van der Waals surface area contributed by atoms with E-state index in [1.165, 1.54) is 10.5 Å². The van der Waals surface area contributed by atoms with Crippen LogP contribution in [0.5, 0.6) is 0 Å². The quantitative estimate of drug-likeness (QED) is 0.603. The van der Waals surface area contributed by atoms with E-state index in [4.69, 9.17) is 4.74 Å². The van der Waals surface area contributed by atoms with Gasteiger partial charge in [-0.15, -0.1) is 0 Å². The second-order valence-corrected chi connectivity index (χ2v) is 5.30. The Labute approximate surface area is 125 Å². The molecule has 1 aromatic carbocycles. The van der Waals surface area contributed by atoms with Crippen molar-refractivity contribution in [2.24, 2.45) is 0 Å². The van der Waals surface area contributed by atoms with Gasteiger partial charge in [0, 0.05) is 5.70 Å². The van der Waals surface area contributed by atoms with Gasteiger partial charge in [0.2, 0.25) is 0 Å². The molecule has 21 heavy (non-hydrogen) atoms. The topological polar surface area (TPSA) is 54.8 Å². The molecule has 0 saturated carbocycles. The fraction of sp³-hybridized carbons (Fsp3) is 0.438. The summed E-state index contributed by atoms with van der Waals surface area (Å²) in [4.78, 5) is 13.1. The van der Waals surface area contributed by atoms with Crippen LogP contribution >= 0.6 is 0 Å². The molecule has 0 spiro atoms. The average molecular weight is 290 g/mol. The van der Waals surface area contributed by atoms with Gasteiger partial charge in [-0.05, 0) is 18.4 Å². The molecule has 5 nitrogen and oxygen atoms in total. The average Bonchev–Trinajstić information content (AvgIpc) is 2.53. The number of hydrazine groups is 1. The molecule has 0 bridgehead atoms. The molecule has 1 heterocycles. The Hall–Kier alpha value is -1.85. The minimum atomic E-state index is -0.00670. The number of amides is 1. The van der Waals surface area contributed by atoms with Crippen molar-refractivity contribution in [1.29, 1.82) is 0 Å². The summed E-state index contributed by atoms with van der Waals surface area (Å²) in [6.07, 6.45) is 1.71. The summed E-state index contributed by atoms with van der Waals surface area (Å²) in [5, 5.41) is 0. The number of ether oxygens (including phenoxy) is 1. The third kappa shape index (κ3) is 5.97. The fourth-order valence-corrected chi connectivity index (χ4v) is 2.27. The summed E-state index contributed by atoms with van der Waals surface area (Å²) in [7, 11) is 0. The molecule has 3 N–H and O–H groups in total. The van der Waals surface area contributed by atoms with Crippen LogP contribution in [0.15, 0.2) is 42.6 Å². The highest BCUT2D eigenvalue weighted by Gasteiger charge is 2.17. The molecule has 1 aliphatic heterocycles. The minimum absolute atomic E-state index is 0.00670. The smallest absolute Gasteiger partial charge is 0.293 e. The van der Waals surface area contributed by atoms with E-state index in [2.05, 4.69) is 29.6 Å². The maximum atomic E-state index is 11.8. The number of hydrogen-bond acceptors (Lipinski definition) is 3. The molecular formula is C16H24N3O2+. The molecule has 0 unspecified atom stereocenters. The van der Waals surface area contributed by atoms with E-state index < -0.39 is 0 Å². The first-order chi connectivity index (χ1) is 10.2. The lowest BCUT2D eigenvalue weighted by Crippen LogP contribution is -3.15. The molecule has 1 aliphatic rings. The fourth-order valence-electron chi connectivity index (χ4n) is 2.27. The molecule has 114 valence electrons.